The average molecular weight is 349 g/mol. The highest BCUT2D eigenvalue weighted by molar-refractivity contribution is 6.04. The molecule has 0 bridgehead atoms. The summed E-state index contributed by atoms with van der Waals surface area (Å²) in [4.78, 5) is 4.70. The lowest BCUT2D eigenvalue weighted by atomic mass is 9.82. The van der Waals surface area contributed by atoms with Crippen LogP contribution >= 0.6 is 0 Å². The van der Waals surface area contributed by atoms with Gasteiger partial charge in [0.05, 0.1) is 11.4 Å². The summed E-state index contributed by atoms with van der Waals surface area (Å²) in [5.41, 5.74) is 5.22. The van der Waals surface area contributed by atoms with E-state index in [-0.39, 0.29) is 5.54 Å². The molecule has 1 atom stereocenters. The third-order valence-electron chi connectivity index (χ3n) is 5.21. The van der Waals surface area contributed by atoms with Crippen molar-refractivity contribution in [2.45, 2.75) is 12.0 Å². The van der Waals surface area contributed by atoms with Crippen LogP contribution in [0.2, 0.25) is 0 Å². The summed E-state index contributed by atoms with van der Waals surface area (Å²) in [5.74, 6) is 0. The molecule has 130 valence electrons. The Bertz CT molecular complexity index is 1040. The highest BCUT2D eigenvalue weighted by Crippen LogP contribution is 2.43. The molecule has 3 aromatic carbocycles. The molecule has 0 saturated carbocycles. The molecule has 0 spiro atoms. The molecule has 0 aromatic heterocycles. The fraction of sp³-hybridized carbons (Fsp3) is 0.0833. The van der Waals surface area contributed by atoms with E-state index in [9.17, 15) is 0 Å². The summed E-state index contributed by atoms with van der Waals surface area (Å²) in [6, 6.07) is 31.3. The Morgan fingerprint density at radius 3 is 1.96 bits per heavy atom. The van der Waals surface area contributed by atoms with Crippen LogP contribution in [0.15, 0.2) is 107 Å². The first-order chi connectivity index (χ1) is 13.4. The van der Waals surface area contributed by atoms with Gasteiger partial charge in [-0.25, -0.2) is 10.0 Å². The van der Waals surface area contributed by atoms with Gasteiger partial charge in [0.2, 0.25) is 0 Å². The zero-order chi connectivity index (χ0) is 18.1. The number of rotatable bonds is 3. The normalized spacial score (nSPS) is 20.8. The Kier molecular flexibility index (Phi) is 3.72. The number of benzene rings is 3. The number of aliphatic imine (C=N–C) groups is 1. The van der Waals surface area contributed by atoms with E-state index >= 15 is 0 Å². The standard InChI is InChI=1S/C24H19N3/c1-4-10-19(11-5-1)22-16-24(21-14-8-3-9-15-21)17-23(26-27(24)18-25-22)20-12-6-2-7-13-20/h1-16,18H,17H2. The van der Waals surface area contributed by atoms with Gasteiger partial charge in [-0.3, -0.25) is 0 Å². The molecule has 0 radical (unpaired) electrons. The van der Waals surface area contributed by atoms with E-state index in [2.05, 4.69) is 72.8 Å². The summed E-state index contributed by atoms with van der Waals surface area (Å²) in [5, 5.41) is 6.92. The first-order valence-electron chi connectivity index (χ1n) is 9.15. The largest absolute Gasteiger partial charge is 0.239 e. The van der Waals surface area contributed by atoms with E-state index < -0.39 is 0 Å². The van der Waals surface area contributed by atoms with Crippen LogP contribution in [0.1, 0.15) is 23.1 Å². The molecule has 27 heavy (non-hydrogen) atoms. The Morgan fingerprint density at radius 2 is 1.30 bits per heavy atom. The van der Waals surface area contributed by atoms with Gasteiger partial charge in [-0.2, -0.15) is 5.10 Å². The van der Waals surface area contributed by atoms with Gasteiger partial charge < -0.3 is 0 Å². The van der Waals surface area contributed by atoms with Crippen LogP contribution in [0.5, 0.6) is 0 Å². The van der Waals surface area contributed by atoms with Crippen LogP contribution in [0.3, 0.4) is 0 Å². The van der Waals surface area contributed by atoms with E-state index in [1.54, 1.807) is 0 Å². The molecule has 0 fully saturated rings. The van der Waals surface area contributed by atoms with Gasteiger partial charge in [0.25, 0.3) is 0 Å². The molecule has 2 heterocycles. The molecule has 0 amide bonds. The highest BCUT2D eigenvalue weighted by Gasteiger charge is 2.44. The van der Waals surface area contributed by atoms with Crippen molar-refractivity contribution in [1.29, 1.82) is 0 Å². The van der Waals surface area contributed by atoms with E-state index in [0.29, 0.717) is 0 Å². The smallest absolute Gasteiger partial charge is 0.115 e. The Balaban J connectivity index is 1.64. The zero-order valence-electron chi connectivity index (χ0n) is 14.9. The molecule has 3 nitrogen and oxygen atoms in total. The highest BCUT2D eigenvalue weighted by atomic mass is 15.5. The molecule has 0 aliphatic carbocycles. The Labute approximate surface area is 159 Å². The lowest BCUT2D eigenvalue weighted by Crippen LogP contribution is -2.39. The maximum absolute atomic E-state index is 4.91. The average Bonchev–Trinajstić information content (AvgIpc) is 3.16. The molecule has 2 aliphatic heterocycles. The maximum atomic E-state index is 4.91. The molecule has 3 heteroatoms. The molecule has 3 aromatic rings. The van der Waals surface area contributed by atoms with Crippen LogP contribution in [0, 0.1) is 0 Å². The molecule has 0 saturated heterocycles. The lowest BCUT2D eigenvalue weighted by Gasteiger charge is -2.35. The predicted octanol–water partition coefficient (Wildman–Crippen LogP) is 5.07. The number of fused-ring (bicyclic) bond motifs is 1. The van der Waals surface area contributed by atoms with Crippen molar-refractivity contribution >= 4 is 17.7 Å². The second-order valence-electron chi connectivity index (χ2n) is 6.86. The quantitative estimate of drug-likeness (QED) is 0.648. The SMILES string of the molecule is C1=NC(c2ccccc2)=CC2(c3ccccc3)CC(c3ccccc3)=NN12. The van der Waals surface area contributed by atoms with Crippen molar-refractivity contribution < 1.29 is 0 Å². The number of hydrogen-bond donors (Lipinski definition) is 0. The fourth-order valence-corrected chi connectivity index (χ4v) is 3.82. The van der Waals surface area contributed by atoms with Crippen molar-refractivity contribution in [3.8, 4) is 0 Å². The molecular weight excluding hydrogens is 330 g/mol. The molecule has 1 unspecified atom stereocenters. The number of hydrogen-bond acceptors (Lipinski definition) is 3. The minimum absolute atomic E-state index is 0.348. The summed E-state index contributed by atoms with van der Waals surface area (Å²) in [6.45, 7) is 0. The van der Waals surface area contributed by atoms with Crippen molar-refractivity contribution in [2.24, 2.45) is 10.1 Å². The second-order valence-corrected chi connectivity index (χ2v) is 6.86. The summed E-state index contributed by atoms with van der Waals surface area (Å²) < 4.78 is 0. The number of hydrazone groups is 1. The third kappa shape index (κ3) is 2.68. The van der Waals surface area contributed by atoms with Crippen LogP contribution in [0.25, 0.3) is 5.70 Å². The lowest BCUT2D eigenvalue weighted by molar-refractivity contribution is 0.279. The first kappa shape index (κ1) is 15.8. The summed E-state index contributed by atoms with van der Waals surface area (Å²) >= 11 is 0. The van der Waals surface area contributed by atoms with Crippen molar-refractivity contribution in [1.82, 2.24) is 5.01 Å². The minimum atomic E-state index is -0.348. The zero-order valence-corrected chi connectivity index (χ0v) is 14.9. The number of nitrogens with zero attached hydrogens (tertiary/aromatic N) is 3. The summed E-state index contributed by atoms with van der Waals surface area (Å²) in [6.07, 6.45) is 4.94. The predicted molar refractivity (Wildman–Crippen MR) is 110 cm³/mol. The van der Waals surface area contributed by atoms with Gasteiger partial charge in [0.15, 0.2) is 0 Å². The van der Waals surface area contributed by atoms with Gasteiger partial charge in [-0.05, 0) is 22.8 Å². The molecular formula is C24H19N3. The maximum Gasteiger partial charge on any atom is 0.115 e. The molecule has 0 N–H and O–H groups in total. The van der Waals surface area contributed by atoms with Crippen LogP contribution < -0.4 is 0 Å². The van der Waals surface area contributed by atoms with Crippen LogP contribution in [0.4, 0.5) is 0 Å². The van der Waals surface area contributed by atoms with Crippen LogP contribution in [-0.2, 0) is 5.54 Å². The topological polar surface area (TPSA) is 28.0 Å². The fourth-order valence-electron chi connectivity index (χ4n) is 3.82. The van der Waals surface area contributed by atoms with E-state index in [1.165, 1.54) is 5.56 Å². The van der Waals surface area contributed by atoms with Gasteiger partial charge in [0, 0.05) is 6.42 Å². The van der Waals surface area contributed by atoms with Gasteiger partial charge >= 0.3 is 0 Å². The molecule has 2 aliphatic rings. The van der Waals surface area contributed by atoms with Crippen molar-refractivity contribution in [2.75, 3.05) is 0 Å². The Morgan fingerprint density at radius 1 is 0.704 bits per heavy atom. The first-order valence-corrected chi connectivity index (χ1v) is 9.15. The van der Waals surface area contributed by atoms with E-state index in [0.717, 1.165) is 29.0 Å². The van der Waals surface area contributed by atoms with Crippen LogP contribution in [-0.4, -0.2) is 17.1 Å². The summed E-state index contributed by atoms with van der Waals surface area (Å²) in [7, 11) is 0. The van der Waals surface area contributed by atoms with E-state index in [1.807, 2.05) is 35.6 Å². The Hall–Kier alpha value is -3.46. The van der Waals surface area contributed by atoms with Gasteiger partial charge in [0.1, 0.15) is 11.9 Å². The monoisotopic (exact) mass is 349 g/mol. The van der Waals surface area contributed by atoms with Gasteiger partial charge in [-0.1, -0.05) is 91.0 Å². The van der Waals surface area contributed by atoms with Crippen molar-refractivity contribution in [3.05, 3.63) is 114 Å². The van der Waals surface area contributed by atoms with Gasteiger partial charge in [-0.15, -0.1) is 0 Å². The minimum Gasteiger partial charge on any atom is -0.239 e. The third-order valence-corrected chi connectivity index (χ3v) is 5.21. The van der Waals surface area contributed by atoms with Crippen molar-refractivity contribution in [3.63, 3.8) is 0 Å². The van der Waals surface area contributed by atoms with E-state index in [4.69, 9.17) is 10.1 Å². The molecule has 5 rings (SSSR count). The second kappa shape index (κ2) is 6.36.